The molecule has 0 atom stereocenters. The van der Waals surface area contributed by atoms with Crippen LogP contribution in [-0.2, 0) is 15.0 Å². The van der Waals surface area contributed by atoms with Crippen molar-refractivity contribution < 1.29 is 13.2 Å². The number of nitrogens with one attached hydrogen (secondary N) is 1. The summed E-state index contributed by atoms with van der Waals surface area (Å²) >= 11 is 0. The molecule has 1 amide bonds. The van der Waals surface area contributed by atoms with Crippen LogP contribution in [0, 0.1) is 22.7 Å². The van der Waals surface area contributed by atoms with Gasteiger partial charge in [-0.05, 0) is 32.4 Å². The number of rotatable bonds is 9. The number of carbonyl (C=O) groups is 1. The van der Waals surface area contributed by atoms with Crippen LogP contribution >= 0.6 is 0 Å². The van der Waals surface area contributed by atoms with Gasteiger partial charge in [-0.25, -0.2) is 0 Å². The molecule has 8 nitrogen and oxygen atoms in total. The molecule has 0 aliphatic carbocycles. The molecule has 0 aromatic rings. The van der Waals surface area contributed by atoms with Crippen molar-refractivity contribution in [1.82, 2.24) is 18.8 Å². The number of hydrogen-bond donors (Lipinski definition) is 1. The molecular formula is C17H33N5O3S. The zero-order valence-corrected chi connectivity index (χ0v) is 17.5. The maximum absolute atomic E-state index is 12.5. The number of piperidine rings is 1. The molecule has 0 bridgehead atoms. The van der Waals surface area contributed by atoms with E-state index in [0.29, 0.717) is 32.5 Å². The number of carbonyl (C=O) groups excluding carboxylic acids is 1. The summed E-state index contributed by atoms with van der Waals surface area (Å²) in [7, 11) is 1.94. The lowest BCUT2D eigenvalue weighted by atomic mass is 9.91. The lowest BCUT2D eigenvalue weighted by Crippen LogP contribution is -2.49. The lowest BCUT2D eigenvalue weighted by molar-refractivity contribution is -0.126. The molecule has 1 aliphatic heterocycles. The van der Waals surface area contributed by atoms with E-state index in [9.17, 15) is 13.2 Å². The summed E-state index contributed by atoms with van der Waals surface area (Å²) in [4.78, 5) is 14.5. The first-order chi connectivity index (χ1) is 12.0. The second-order valence-corrected chi connectivity index (χ2v) is 10.1. The molecule has 0 unspecified atom stereocenters. The third-order valence-corrected chi connectivity index (χ3v) is 6.56. The third-order valence-electron chi connectivity index (χ3n) is 4.57. The molecule has 1 heterocycles. The highest BCUT2D eigenvalue weighted by Gasteiger charge is 2.33. The summed E-state index contributed by atoms with van der Waals surface area (Å²) in [6, 6.07) is 1.95. The number of amides is 1. The normalized spacial score (nSPS) is 17.5. The Labute approximate surface area is 158 Å². The van der Waals surface area contributed by atoms with Crippen molar-refractivity contribution in [1.29, 1.82) is 5.26 Å². The molecule has 0 saturated carbocycles. The third kappa shape index (κ3) is 6.83. The first kappa shape index (κ1) is 22.8. The SMILES string of the molecule is CN(C)CC(C)(C)CNC(=O)C1CCN(S(=O)(=O)N(C)CCC#N)CC1. The Hall–Kier alpha value is -1.21. The van der Waals surface area contributed by atoms with Crippen molar-refractivity contribution in [2.24, 2.45) is 11.3 Å². The van der Waals surface area contributed by atoms with Gasteiger partial charge < -0.3 is 10.2 Å². The van der Waals surface area contributed by atoms with Gasteiger partial charge in [0.05, 0.1) is 6.07 Å². The van der Waals surface area contributed by atoms with Crippen LogP contribution in [0.3, 0.4) is 0 Å². The van der Waals surface area contributed by atoms with Gasteiger partial charge in [-0.2, -0.15) is 22.3 Å². The van der Waals surface area contributed by atoms with E-state index in [1.165, 1.54) is 15.7 Å². The lowest BCUT2D eigenvalue weighted by Gasteiger charge is -2.34. The fourth-order valence-electron chi connectivity index (χ4n) is 3.25. The van der Waals surface area contributed by atoms with E-state index < -0.39 is 10.2 Å². The van der Waals surface area contributed by atoms with Crippen molar-refractivity contribution >= 4 is 16.1 Å². The zero-order chi connectivity index (χ0) is 20.0. The summed E-state index contributed by atoms with van der Waals surface area (Å²) in [5.41, 5.74) is -0.0212. The minimum atomic E-state index is -3.55. The van der Waals surface area contributed by atoms with E-state index in [1.54, 1.807) is 0 Å². The fraction of sp³-hybridized carbons (Fsp3) is 0.882. The predicted molar refractivity (Wildman–Crippen MR) is 101 cm³/mol. The molecule has 1 saturated heterocycles. The highest BCUT2D eigenvalue weighted by molar-refractivity contribution is 7.86. The van der Waals surface area contributed by atoms with Gasteiger partial charge >= 0.3 is 0 Å². The van der Waals surface area contributed by atoms with Gasteiger partial charge in [0.25, 0.3) is 10.2 Å². The first-order valence-corrected chi connectivity index (χ1v) is 10.4. The van der Waals surface area contributed by atoms with Crippen molar-refractivity contribution in [3.05, 3.63) is 0 Å². The standard InChI is InChI=1S/C17H33N5O3S/c1-17(2,14-20(3)4)13-19-16(23)15-7-11-22(12-8-15)26(24,25)21(5)10-6-9-18/h15H,6-8,10-14H2,1-5H3,(H,19,23). The molecule has 0 spiro atoms. The van der Waals surface area contributed by atoms with E-state index in [0.717, 1.165) is 6.54 Å². The fourth-order valence-corrected chi connectivity index (χ4v) is 4.64. The predicted octanol–water partition coefficient (Wildman–Crippen LogP) is 0.493. The summed E-state index contributed by atoms with van der Waals surface area (Å²) in [5, 5.41) is 11.6. The Morgan fingerprint density at radius 3 is 2.35 bits per heavy atom. The average molecular weight is 388 g/mol. The molecule has 1 N–H and O–H groups in total. The van der Waals surface area contributed by atoms with Crippen LogP contribution in [0.4, 0.5) is 0 Å². The van der Waals surface area contributed by atoms with Gasteiger partial charge in [0.1, 0.15) is 0 Å². The number of hydrogen-bond acceptors (Lipinski definition) is 5. The molecule has 0 aromatic carbocycles. The van der Waals surface area contributed by atoms with Crippen LogP contribution in [0.5, 0.6) is 0 Å². The van der Waals surface area contributed by atoms with Crippen LogP contribution in [0.2, 0.25) is 0 Å². The van der Waals surface area contributed by atoms with Crippen LogP contribution in [0.15, 0.2) is 0 Å². The second kappa shape index (κ2) is 9.65. The summed E-state index contributed by atoms with van der Waals surface area (Å²) in [6.45, 7) is 6.54. The van der Waals surface area contributed by atoms with Crippen LogP contribution in [-0.4, -0.2) is 81.7 Å². The van der Waals surface area contributed by atoms with Crippen molar-refractivity contribution in [3.63, 3.8) is 0 Å². The van der Waals surface area contributed by atoms with Crippen molar-refractivity contribution in [3.8, 4) is 6.07 Å². The quantitative estimate of drug-likeness (QED) is 0.621. The number of nitrogens with zero attached hydrogens (tertiary/aromatic N) is 4. The largest absolute Gasteiger partial charge is 0.355 e. The second-order valence-electron chi connectivity index (χ2n) is 8.03. The molecular weight excluding hydrogens is 354 g/mol. The molecule has 9 heteroatoms. The topological polar surface area (TPSA) is 96.8 Å². The number of nitriles is 1. The first-order valence-electron chi connectivity index (χ1n) is 9.00. The highest BCUT2D eigenvalue weighted by Crippen LogP contribution is 2.22. The Morgan fingerprint density at radius 1 is 1.27 bits per heavy atom. The van der Waals surface area contributed by atoms with Crippen molar-refractivity contribution in [2.75, 3.05) is 53.9 Å². The van der Waals surface area contributed by atoms with E-state index >= 15 is 0 Å². The highest BCUT2D eigenvalue weighted by atomic mass is 32.2. The van der Waals surface area contributed by atoms with Crippen molar-refractivity contribution in [2.45, 2.75) is 33.1 Å². The van der Waals surface area contributed by atoms with Gasteiger partial charge in [0.15, 0.2) is 0 Å². The Morgan fingerprint density at radius 2 is 1.85 bits per heavy atom. The van der Waals surface area contributed by atoms with E-state index in [2.05, 4.69) is 24.1 Å². The molecule has 1 aliphatic rings. The Kier molecular flexibility index (Phi) is 8.47. The minimum Gasteiger partial charge on any atom is -0.355 e. The maximum Gasteiger partial charge on any atom is 0.281 e. The van der Waals surface area contributed by atoms with Gasteiger partial charge in [-0.1, -0.05) is 13.8 Å². The molecule has 0 radical (unpaired) electrons. The van der Waals surface area contributed by atoms with Gasteiger partial charge in [0, 0.05) is 52.1 Å². The van der Waals surface area contributed by atoms with Crippen LogP contribution in [0.25, 0.3) is 0 Å². The van der Waals surface area contributed by atoms with E-state index in [-0.39, 0.29) is 30.2 Å². The van der Waals surface area contributed by atoms with Gasteiger partial charge in [-0.15, -0.1) is 0 Å². The summed E-state index contributed by atoms with van der Waals surface area (Å²) < 4.78 is 27.5. The maximum atomic E-state index is 12.5. The van der Waals surface area contributed by atoms with E-state index in [4.69, 9.17) is 5.26 Å². The zero-order valence-electron chi connectivity index (χ0n) is 16.7. The van der Waals surface area contributed by atoms with Gasteiger partial charge in [0.2, 0.25) is 5.91 Å². The molecule has 1 fully saturated rings. The van der Waals surface area contributed by atoms with Crippen LogP contribution < -0.4 is 5.32 Å². The summed E-state index contributed by atoms with van der Waals surface area (Å²) in [5.74, 6) is -0.146. The molecule has 26 heavy (non-hydrogen) atoms. The Bertz CT molecular complexity index is 604. The molecule has 150 valence electrons. The monoisotopic (exact) mass is 387 g/mol. The smallest absolute Gasteiger partial charge is 0.281 e. The van der Waals surface area contributed by atoms with Gasteiger partial charge in [-0.3, -0.25) is 4.79 Å². The van der Waals surface area contributed by atoms with E-state index in [1.807, 2.05) is 20.2 Å². The summed E-state index contributed by atoms with van der Waals surface area (Å²) in [6.07, 6.45) is 1.20. The molecule has 1 rings (SSSR count). The average Bonchev–Trinajstić information content (AvgIpc) is 2.56. The molecule has 0 aromatic heterocycles. The minimum absolute atomic E-state index is 0.00622. The Balaban J connectivity index is 2.50. The van der Waals surface area contributed by atoms with Crippen LogP contribution in [0.1, 0.15) is 33.1 Å².